The van der Waals surface area contributed by atoms with Crippen LogP contribution in [0.25, 0.3) is 0 Å². The first-order valence-corrected chi connectivity index (χ1v) is 15.1. The topological polar surface area (TPSA) is 201 Å². The number of nitrogens with two attached hydrogens (primary N) is 2. The lowest BCUT2D eigenvalue weighted by Gasteiger charge is -2.25. The van der Waals surface area contributed by atoms with E-state index in [9.17, 15) is 24.0 Å². The van der Waals surface area contributed by atoms with Crippen LogP contribution in [0.3, 0.4) is 0 Å². The summed E-state index contributed by atoms with van der Waals surface area (Å²) in [4.78, 5) is 65.7. The van der Waals surface area contributed by atoms with E-state index in [0.29, 0.717) is 38.2 Å². The number of ether oxygens (including phenoxy) is 1. The second kappa shape index (κ2) is 20.9. The summed E-state index contributed by atoms with van der Waals surface area (Å²) in [5.74, 6) is -1.41. The third-order valence-electron chi connectivity index (χ3n) is 6.75. The van der Waals surface area contributed by atoms with Gasteiger partial charge >= 0.3 is 12.1 Å². The fourth-order valence-electron chi connectivity index (χ4n) is 4.05. The van der Waals surface area contributed by atoms with E-state index in [4.69, 9.17) is 16.2 Å². The molecule has 14 heteroatoms. The molecule has 0 heterocycles. The van der Waals surface area contributed by atoms with Crippen molar-refractivity contribution in [3.8, 4) is 0 Å². The minimum atomic E-state index is -0.946. The number of hydrogen-bond donors (Lipinski definition) is 6. The first-order valence-electron chi connectivity index (χ1n) is 15.1. The highest BCUT2D eigenvalue weighted by Crippen LogP contribution is 2.13. The maximum absolute atomic E-state index is 13.3. The average Bonchev–Trinajstić information content (AvgIpc) is 2.97. The van der Waals surface area contributed by atoms with Gasteiger partial charge in [-0.2, -0.15) is 0 Å². The van der Waals surface area contributed by atoms with Crippen molar-refractivity contribution in [2.24, 2.45) is 17.4 Å². The van der Waals surface area contributed by atoms with Gasteiger partial charge in [0.2, 0.25) is 17.7 Å². The van der Waals surface area contributed by atoms with E-state index in [1.54, 1.807) is 31.3 Å². The Hall–Kier alpha value is -3.91. The van der Waals surface area contributed by atoms with E-state index in [-0.39, 0.29) is 37.8 Å². The Morgan fingerprint density at radius 3 is 2.16 bits per heavy atom. The van der Waals surface area contributed by atoms with Crippen LogP contribution in [-0.2, 0) is 25.7 Å². The van der Waals surface area contributed by atoms with Crippen LogP contribution in [0.2, 0.25) is 0 Å². The Morgan fingerprint density at radius 1 is 0.886 bits per heavy atom. The van der Waals surface area contributed by atoms with Crippen LogP contribution in [0.15, 0.2) is 24.3 Å². The molecule has 248 valence electrons. The number of nitrogens with one attached hydrogen (secondary N) is 4. The van der Waals surface area contributed by atoms with Gasteiger partial charge in [-0.25, -0.2) is 9.59 Å². The number of anilines is 1. The van der Waals surface area contributed by atoms with Crippen molar-refractivity contribution >= 4 is 35.5 Å². The van der Waals surface area contributed by atoms with Gasteiger partial charge < -0.3 is 47.3 Å². The molecule has 0 unspecified atom stereocenters. The number of urea groups is 1. The number of likely N-dealkylation sites (N-methyl/N-ethyl adjacent to an activating group) is 2. The zero-order valence-corrected chi connectivity index (χ0v) is 26.8. The van der Waals surface area contributed by atoms with Crippen molar-refractivity contribution in [1.29, 1.82) is 0 Å². The van der Waals surface area contributed by atoms with Gasteiger partial charge in [-0.05, 0) is 69.9 Å². The highest BCUT2D eigenvalue weighted by atomic mass is 16.6. The number of hydrogen-bond acceptors (Lipinski definition) is 8. The smallest absolute Gasteiger partial charge is 0.409 e. The number of carbonyl (C=O) groups excluding carboxylic acids is 5. The first kappa shape index (κ1) is 38.1. The van der Waals surface area contributed by atoms with Gasteiger partial charge in [0.1, 0.15) is 18.7 Å². The molecule has 1 aromatic carbocycles. The molecule has 0 fully saturated rings. The van der Waals surface area contributed by atoms with E-state index in [1.165, 1.54) is 4.90 Å². The van der Waals surface area contributed by atoms with Crippen molar-refractivity contribution in [3.63, 3.8) is 0 Å². The fraction of sp³-hybridized carbons (Fsp3) is 0.633. The fourth-order valence-corrected chi connectivity index (χ4v) is 4.05. The lowest BCUT2D eigenvalue weighted by atomic mass is 10.0. The van der Waals surface area contributed by atoms with Crippen LogP contribution in [0.1, 0.15) is 57.9 Å². The van der Waals surface area contributed by atoms with Crippen molar-refractivity contribution in [2.75, 3.05) is 52.6 Å². The Kier molecular flexibility index (Phi) is 18.1. The predicted octanol–water partition coefficient (Wildman–Crippen LogP) is 1.35. The van der Waals surface area contributed by atoms with Crippen LogP contribution in [0, 0.1) is 5.92 Å². The lowest BCUT2D eigenvalue weighted by molar-refractivity contribution is -0.132. The zero-order valence-electron chi connectivity index (χ0n) is 26.8. The number of nitrogens with zero attached hydrogens (tertiary/aromatic N) is 2. The van der Waals surface area contributed by atoms with Crippen molar-refractivity contribution in [3.05, 3.63) is 29.8 Å². The molecule has 8 N–H and O–H groups in total. The minimum absolute atomic E-state index is 0.0697. The Balaban J connectivity index is 2.83. The summed E-state index contributed by atoms with van der Waals surface area (Å²) in [5.41, 5.74) is 11.9. The number of carbonyl (C=O) groups is 5. The molecule has 0 saturated carbocycles. The van der Waals surface area contributed by atoms with Gasteiger partial charge in [-0.3, -0.25) is 14.4 Å². The monoisotopic (exact) mass is 620 g/mol. The quantitative estimate of drug-likeness (QED) is 0.117. The second-order valence-electron chi connectivity index (χ2n) is 11.3. The summed E-state index contributed by atoms with van der Waals surface area (Å²) in [6, 6.07) is 4.34. The van der Waals surface area contributed by atoms with E-state index in [2.05, 4.69) is 21.3 Å². The second-order valence-corrected chi connectivity index (χ2v) is 11.3. The Morgan fingerprint density at radius 2 is 1.57 bits per heavy atom. The van der Waals surface area contributed by atoms with Gasteiger partial charge in [-0.1, -0.05) is 32.4 Å². The third-order valence-corrected chi connectivity index (χ3v) is 6.75. The van der Waals surface area contributed by atoms with Gasteiger partial charge in [0.25, 0.3) is 0 Å². The molecule has 0 aliphatic heterocycles. The summed E-state index contributed by atoms with van der Waals surface area (Å²) >= 11 is 0. The van der Waals surface area contributed by atoms with Crippen LogP contribution in [0.5, 0.6) is 0 Å². The van der Waals surface area contributed by atoms with Crippen LogP contribution in [0.4, 0.5) is 15.3 Å². The van der Waals surface area contributed by atoms with Crippen molar-refractivity contribution < 1.29 is 28.7 Å². The molecule has 0 aliphatic rings. The van der Waals surface area contributed by atoms with Gasteiger partial charge in [0.05, 0.1) is 0 Å². The van der Waals surface area contributed by atoms with E-state index in [0.717, 1.165) is 18.4 Å². The van der Waals surface area contributed by atoms with E-state index >= 15 is 0 Å². The molecule has 0 spiro atoms. The molecule has 0 saturated heterocycles. The average molecular weight is 621 g/mol. The largest absolute Gasteiger partial charge is 0.445 e. The summed E-state index contributed by atoms with van der Waals surface area (Å²) in [6.07, 6.45) is 2.75. The molecule has 14 nitrogen and oxygen atoms in total. The molecule has 1 rings (SSSR count). The highest BCUT2D eigenvalue weighted by Gasteiger charge is 2.28. The molecule has 0 aromatic heterocycles. The van der Waals surface area contributed by atoms with E-state index in [1.807, 2.05) is 32.8 Å². The molecule has 0 bridgehead atoms. The molecule has 44 heavy (non-hydrogen) atoms. The van der Waals surface area contributed by atoms with Crippen LogP contribution < -0.4 is 32.7 Å². The van der Waals surface area contributed by atoms with Gasteiger partial charge in [-0.15, -0.1) is 0 Å². The maximum atomic E-state index is 13.3. The number of rotatable bonds is 20. The number of benzene rings is 1. The van der Waals surface area contributed by atoms with Gasteiger partial charge in [0, 0.05) is 38.8 Å². The number of primary amides is 1. The normalized spacial score (nSPS) is 12.3. The molecule has 1 aromatic rings. The van der Waals surface area contributed by atoms with Crippen LogP contribution in [-0.4, -0.2) is 99.1 Å². The summed E-state index contributed by atoms with van der Waals surface area (Å²) in [5, 5.41) is 10.8. The minimum Gasteiger partial charge on any atom is -0.445 e. The predicted molar refractivity (Wildman–Crippen MR) is 169 cm³/mol. The molecular formula is C30H52N8O6. The molecule has 6 amide bonds. The van der Waals surface area contributed by atoms with Crippen molar-refractivity contribution in [1.82, 2.24) is 25.8 Å². The summed E-state index contributed by atoms with van der Waals surface area (Å²) in [7, 11) is 5.52. The van der Waals surface area contributed by atoms with Crippen molar-refractivity contribution in [2.45, 2.75) is 71.1 Å². The lowest BCUT2D eigenvalue weighted by Crippen LogP contribution is -2.54. The maximum Gasteiger partial charge on any atom is 0.409 e. The van der Waals surface area contributed by atoms with Crippen LogP contribution >= 0.6 is 0 Å². The SMILES string of the molecule is CC(C)[C@H](NC(=O)CCCCCN)C(=O)N[C@@H](CCCNC(N)=O)C(=O)Nc1ccc(COC(=O)N(C)CCN(C)C)cc1. The third kappa shape index (κ3) is 16.1. The molecule has 0 radical (unpaired) electrons. The standard InChI is InChI=1S/C30H52N8O6/c1-21(2)26(36-25(39)11-7-6-8-16-31)28(41)35-24(10-9-17-33-29(32)42)27(40)34-23-14-12-22(13-15-23)20-44-30(43)38(5)19-18-37(3)4/h12-15,21,24,26H,6-11,16-20,31H2,1-5H3,(H,34,40)(H,35,41)(H,36,39)(H3,32,33,42)/t24-,26-/m0/s1. The molecule has 2 atom stereocenters. The van der Waals surface area contributed by atoms with Gasteiger partial charge in [0.15, 0.2) is 0 Å². The summed E-state index contributed by atoms with van der Waals surface area (Å²) < 4.78 is 5.36. The summed E-state index contributed by atoms with van der Waals surface area (Å²) in [6.45, 7) is 5.72. The molecular weight excluding hydrogens is 568 g/mol. The number of unbranched alkanes of at least 4 members (excludes halogenated alkanes) is 2. The number of amides is 6. The van der Waals surface area contributed by atoms with E-state index < -0.39 is 36.0 Å². The Bertz CT molecular complexity index is 1050. The Labute approximate surface area is 261 Å². The highest BCUT2D eigenvalue weighted by molar-refractivity contribution is 5.98. The first-order chi connectivity index (χ1) is 20.8. The molecule has 0 aliphatic carbocycles. The zero-order chi connectivity index (χ0) is 33.1.